The molecule has 0 atom stereocenters. The molecule has 0 N–H and O–H groups in total. The summed E-state index contributed by atoms with van der Waals surface area (Å²) in [5.41, 5.74) is 1.71. The number of aryl methyl sites for hydroxylation is 1. The van der Waals surface area contributed by atoms with Crippen LogP contribution in [0.5, 0.6) is 0 Å². The first-order valence-corrected chi connectivity index (χ1v) is 7.22. The fourth-order valence-corrected chi connectivity index (χ4v) is 2.32. The van der Waals surface area contributed by atoms with Crippen molar-refractivity contribution in [1.29, 1.82) is 0 Å². The fourth-order valence-electron chi connectivity index (χ4n) is 2.32. The summed E-state index contributed by atoms with van der Waals surface area (Å²) in [5.74, 6) is -0.105. The maximum atomic E-state index is 12.0. The van der Waals surface area contributed by atoms with Crippen LogP contribution >= 0.6 is 0 Å². The minimum atomic E-state index is -0.266. The summed E-state index contributed by atoms with van der Waals surface area (Å²) in [6.45, 7) is 0.316. The van der Waals surface area contributed by atoms with Gasteiger partial charge >= 0.3 is 5.97 Å². The lowest BCUT2D eigenvalue weighted by molar-refractivity contribution is -0.114. The lowest BCUT2D eigenvalue weighted by Crippen LogP contribution is -2.09. The first-order chi connectivity index (χ1) is 9.77. The molecule has 0 saturated carbocycles. The highest BCUT2D eigenvalue weighted by atomic mass is 16.5. The van der Waals surface area contributed by atoms with Crippen LogP contribution in [0.2, 0.25) is 0 Å². The van der Waals surface area contributed by atoms with Gasteiger partial charge in [0.05, 0.1) is 12.2 Å². The van der Waals surface area contributed by atoms with Crippen LogP contribution in [0.3, 0.4) is 0 Å². The molecule has 0 aromatic heterocycles. The SMILES string of the molecule is O=C1/C=C\CCOC(=O)c2ccccc2CCCCC1. The van der Waals surface area contributed by atoms with Crippen LogP contribution in [0.15, 0.2) is 36.4 Å². The number of rotatable bonds is 0. The van der Waals surface area contributed by atoms with Crippen molar-refractivity contribution in [3.63, 3.8) is 0 Å². The number of ketones is 1. The third kappa shape index (κ3) is 4.34. The highest BCUT2D eigenvalue weighted by Crippen LogP contribution is 2.15. The van der Waals surface area contributed by atoms with Gasteiger partial charge in [-0.15, -0.1) is 0 Å². The summed E-state index contributed by atoms with van der Waals surface area (Å²) in [4.78, 5) is 23.5. The molecule has 2 rings (SSSR count). The minimum absolute atomic E-state index is 0.161. The number of ether oxygens (including phenoxy) is 1. The van der Waals surface area contributed by atoms with Crippen LogP contribution in [0.4, 0.5) is 0 Å². The second-order valence-corrected chi connectivity index (χ2v) is 5.01. The number of hydrogen-bond acceptors (Lipinski definition) is 3. The van der Waals surface area contributed by atoms with Gasteiger partial charge in [-0.05, 0) is 43.4 Å². The molecule has 3 nitrogen and oxygen atoms in total. The number of cyclic esters (lactones) is 1. The van der Waals surface area contributed by atoms with E-state index in [4.69, 9.17) is 4.74 Å². The number of hydrogen-bond donors (Lipinski definition) is 0. The molecule has 0 spiro atoms. The lowest BCUT2D eigenvalue weighted by atomic mass is 10.0. The number of benzene rings is 1. The van der Waals surface area contributed by atoms with Crippen molar-refractivity contribution in [3.05, 3.63) is 47.5 Å². The Morgan fingerprint density at radius 2 is 1.75 bits per heavy atom. The van der Waals surface area contributed by atoms with Crippen molar-refractivity contribution in [2.24, 2.45) is 0 Å². The Hall–Kier alpha value is -1.90. The predicted octanol–water partition coefficient (Wildman–Crippen LogP) is 3.48. The molecular weight excluding hydrogens is 252 g/mol. The van der Waals surface area contributed by atoms with Crippen molar-refractivity contribution in [3.8, 4) is 0 Å². The normalized spacial score (nSPS) is 19.6. The van der Waals surface area contributed by atoms with E-state index in [0.717, 1.165) is 31.2 Å². The molecule has 1 aliphatic rings. The van der Waals surface area contributed by atoms with Gasteiger partial charge < -0.3 is 4.74 Å². The van der Waals surface area contributed by atoms with Crippen LogP contribution in [0.25, 0.3) is 0 Å². The van der Waals surface area contributed by atoms with Gasteiger partial charge in [0, 0.05) is 6.42 Å². The Bertz CT molecular complexity index is 503. The van der Waals surface area contributed by atoms with Crippen molar-refractivity contribution < 1.29 is 14.3 Å². The van der Waals surface area contributed by atoms with E-state index >= 15 is 0 Å². The molecule has 0 unspecified atom stereocenters. The molecule has 0 amide bonds. The van der Waals surface area contributed by atoms with Crippen molar-refractivity contribution in [2.45, 2.75) is 38.5 Å². The Morgan fingerprint density at radius 1 is 0.950 bits per heavy atom. The van der Waals surface area contributed by atoms with Gasteiger partial charge in [0.2, 0.25) is 0 Å². The molecule has 0 saturated heterocycles. The maximum Gasteiger partial charge on any atom is 0.338 e. The van der Waals surface area contributed by atoms with Gasteiger partial charge in [-0.1, -0.05) is 30.7 Å². The zero-order valence-corrected chi connectivity index (χ0v) is 11.6. The molecule has 3 heteroatoms. The van der Waals surface area contributed by atoms with Gasteiger partial charge in [-0.2, -0.15) is 0 Å². The van der Waals surface area contributed by atoms with Gasteiger partial charge in [-0.25, -0.2) is 4.79 Å². The van der Waals surface area contributed by atoms with Crippen molar-refractivity contribution in [1.82, 2.24) is 0 Å². The Balaban J connectivity index is 2.08. The molecule has 106 valence electrons. The van der Waals surface area contributed by atoms with E-state index in [1.54, 1.807) is 12.2 Å². The van der Waals surface area contributed by atoms with Gasteiger partial charge in [0.15, 0.2) is 5.78 Å². The zero-order valence-electron chi connectivity index (χ0n) is 11.6. The van der Waals surface area contributed by atoms with Crippen LogP contribution in [0.1, 0.15) is 48.0 Å². The van der Waals surface area contributed by atoms with Crippen LogP contribution in [-0.2, 0) is 16.0 Å². The van der Waals surface area contributed by atoms with E-state index < -0.39 is 0 Å². The number of allylic oxidation sites excluding steroid dienone is 1. The molecule has 1 aromatic carbocycles. The third-order valence-corrected chi connectivity index (χ3v) is 3.43. The maximum absolute atomic E-state index is 12.0. The van der Waals surface area contributed by atoms with Gasteiger partial charge in [0.1, 0.15) is 0 Å². The highest BCUT2D eigenvalue weighted by Gasteiger charge is 2.12. The molecule has 1 aromatic rings. The molecule has 1 aliphatic heterocycles. The number of carbonyl (C=O) groups is 2. The number of esters is 1. The Morgan fingerprint density at radius 3 is 2.65 bits per heavy atom. The molecule has 0 bridgehead atoms. The summed E-state index contributed by atoms with van der Waals surface area (Å²) in [7, 11) is 0. The van der Waals surface area contributed by atoms with Crippen molar-refractivity contribution in [2.75, 3.05) is 6.61 Å². The average Bonchev–Trinajstić information content (AvgIpc) is 2.46. The van der Waals surface area contributed by atoms with Crippen LogP contribution in [-0.4, -0.2) is 18.4 Å². The van der Waals surface area contributed by atoms with Crippen molar-refractivity contribution >= 4 is 11.8 Å². The van der Waals surface area contributed by atoms with Crippen LogP contribution < -0.4 is 0 Å². The molecule has 20 heavy (non-hydrogen) atoms. The van der Waals surface area contributed by atoms with E-state index in [0.29, 0.717) is 25.0 Å². The number of carbonyl (C=O) groups excluding carboxylic acids is 2. The summed E-state index contributed by atoms with van der Waals surface area (Å²) in [6, 6.07) is 7.61. The largest absolute Gasteiger partial charge is 0.462 e. The molecule has 1 heterocycles. The first kappa shape index (κ1) is 14.5. The first-order valence-electron chi connectivity index (χ1n) is 7.22. The van der Waals surface area contributed by atoms with Crippen LogP contribution in [0, 0.1) is 0 Å². The second-order valence-electron chi connectivity index (χ2n) is 5.01. The Labute approximate surface area is 119 Å². The van der Waals surface area contributed by atoms with E-state index in [9.17, 15) is 9.59 Å². The standard InChI is InChI=1S/C17H20O3/c18-15-10-3-1-2-8-14-9-4-5-12-16(14)17(19)20-13-7-6-11-15/h4-6,9,11-12H,1-3,7-8,10,13H2/b11-6-. The third-order valence-electron chi connectivity index (χ3n) is 3.43. The molecule has 0 fully saturated rings. The summed E-state index contributed by atoms with van der Waals surface area (Å²) in [5, 5.41) is 0. The summed E-state index contributed by atoms with van der Waals surface area (Å²) in [6.07, 6.45) is 8.34. The predicted molar refractivity (Wildman–Crippen MR) is 77.7 cm³/mol. The minimum Gasteiger partial charge on any atom is -0.462 e. The molecular formula is C17H20O3. The van der Waals surface area contributed by atoms with Gasteiger partial charge in [-0.3, -0.25) is 4.79 Å². The second kappa shape index (κ2) is 7.63. The Kier molecular flexibility index (Phi) is 5.54. The highest BCUT2D eigenvalue weighted by molar-refractivity contribution is 5.91. The molecule has 0 radical (unpaired) electrons. The quantitative estimate of drug-likeness (QED) is 0.679. The zero-order chi connectivity index (χ0) is 14.2. The van der Waals surface area contributed by atoms with Gasteiger partial charge in [0.25, 0.3) is 0 Å². The summed E-state index contributed by atoms with van der Waals surface area (Å²) >= 11 is 0. The van der Waals surface area contributed by atoms with E-state index in [2.05, 4.69) is 0 Å². The smallest absolute Gasteiger partial charge is 0.338 e. The molecule has 0 aliphatic carbocycles. The average molecular weight is 272 g/mol. The lowest BCUT2D eigenvalue weighted by Gasteiger charge is -2.09. The van der Waals surface area contributed by atoms with E-state index in [-0.39, 0.29) is 11.8 Å². The number of fused-ring (bicyclic) bond motifs is 1. The monoisotopic (exact) mass is 272 g/mol. The summed E-state index contributed by atoms with van der Waals surface area (Å²) < 4.78 is 5.25. The topological polar surface area (TPSA) is 43.4 Å². The van der Waals surface area contributed by atoms with E-state index in [1.807, 2.05) is 24.3 Å². The van der Waals surface area contributed by atoms with E-state index in [1.165, 1.54) is 0 Å². The fraction of sp³-hybridized carbons (Fsp3) is 0.412.